The number of hydrogen-bond donors (Lipinski definition) is 2. The van der Waals surface area contributed by atoms with Crippen molar-refractivity contribution in [1.82, 2.24) is 20.0 Å². The van der Waals surface area contributed by atoms with Crippen LogP contribution in [0, 0.1) is 0 Å². The van der Waals surface area contributed by atoms with Gasteiger partial charge in [-0.2, -0.15) is 9.97 Å². The van der Waals surface area contributed by atoms with E-state index < -0.39 is 0 Å². The van der Waals surface area contributed by atoms with Gasteiger partial charge in [0.25, 0.3) is 0 Å². The zero-order valence-corrected chi connectivity index (χ0v) is 12.1. The number of benzene rings is 1. The fraction of sp³-hybridized carbons (Fsp3) is 0.308. The fourth-order valence-electron chi connectivity index (χ4n) is 1.78. The van der Waals surface area contributed by atoms with E-state index in [1.54, 1.807) is 6.07 Å². The summed E-state index contributed by atoms with van der Waals surface area (Å²) in [6.45, 7) is 4.94. The molecule has 1 heterocycles. The van der Waals surface area contributed by atoms with Crippen LogP contribution in [0.15, 0.2) is 29.1 Å². The summed E-state index contributed by atoms with van der Waals surface area (Å²) < 4.78 is 1.48. The molecule has 0 spiro atoms. The Bertz CT molecular complexity index is 655. The van der Waals surface area contributed by atoms with Crippen LogP contribution >= 0.6 is 11.6 Å². The molecule has 2 aromatic rings. The van der Waals surface area contributed by atoms with Crippen molar-refractivity contribution >= 4 is 17.5 Å². The molecule has 6 nitrogen and oxygen atoms in total. The predicted octanol–water partition coefficient (Wildman–Crippen LogP) is 1.91. The van der Waals surface area contributed by atoms with E-state index >= 15 is 0 Å². The lowest BCUT2D eigenvalue weighted by Crippen LogP contribution is -2.30. The average Bonchev–Trinajstić information content (AvgIpc) is 2.45. The molecule has 0 saturated carbocycles. The highest BCUT2D eigenvalue weighted by Gasteiger charge is 2.13. The predicted molar refractivity (Wildman–Crippen MR) is 79.7 cm³/mol. The molecule has 7 heteroatoms. The summed E-state index contributed by atoms with van der Waals surface area (Å²) in [5, 5.41) is 0.544. The molecule has 0 radical (unpaired) electrons. The summed E-state index contributed by atoms with van der Waals surface area (Å²) in [6, 6.07) is 7.28. The van der Waals surface area contributed by atoms with Crippen molar-refractivity contribution in [3.05, 3.63) is 39.8 Å². The Morgan fingerprint density at radius 2 is 2.00 bits per heavy atom. The zero-order valence-electron chi connectivity index (χ0n) is 11.4. The molecule has 106 valence electrons. The van der Waals surface area contributed by atoms with E-state index in [1.165, 1.54) is 4.57 Å². The Labute approximate surface area is 121 Å². The van der Waals surface area contributed by atoms with Gasteiger partial charge in [0.15, 0.2) is 0 Å². The Morgan fingerprint density at radius 3 is 2.65 bits per heavy atom. The molecule has 1 aromatic heterocycles. The number of halogens is 1. The lowest BCUT2D eigenvalue weighted by Gasteiger charge is -2.12. The molecule has 0 fully saturated rings. The van der Waals surface area contributed by atoms with Gasteiger partial charge in [-0.1, -0.05) is 30.7 Å². The van der Waals surface area contributed by atoms with E-state index in [2.05, 4.69) is 20.8 Å². The first-order valence-electron chi connectivity index (χ1n) is 6.40. The maximum absolute atomic E-state index is 12.0. The third kappa shape index (κ3) is 2.97. The minimum atomic E-state index is -0.363. The molecule has 0 bridgehead atoms. The van der Waals surface area contributed by atoms with Crippen LogP contribution in [0.3, 0.4) is 0 Å². The number of anilines is 1. The Morgan fingerprint density at radius 1 is 1.25 bits per heavy atom. The maximum Gasteiger partial charge on any atom is 0.352 e. The topological polar surface area (TPSA) is 71.8 Å². The van der Waals surface area contributed by atoms with Gasteiger partial charge in [-0.05, 0) is 19.1 Å². The first-order chi connectivity index (χ1) is 9.67. The molecule has 20 heavy (non-hydrogen) atoms. The summed E-state index contributed by atoms with van der Waals surface area (Å²) in [4.78, 5) is 20.3. The molecule has 0 aliphatic rings. The zero-order chi connectivity index (χ0) is 14.5. The van der Waals surface area contributed by atoms with Crippen molar-refractivity contribution in [3.8, 4) is 11.4 Å². The standard InChI is InChI=1S/C13H16ClN5O/c1-3-15-18-12-16-11(19(4-2)13(20)17-12)9-7-5-6-8-10(9)14/h5-8,15H,3-4H2,1-2H3,(H,17,18,20). The van der Waals surface area contributed by atoms with Crippen LogP contribution in [0.5, 0.6) is 0 Å². The van der Waals surface area contributed by atoms with Gasteiger partial charge in [-0.25, -0.2) is 10.2 Å². The number of hydrogen-bond acceptors (Lipinski definition) is 5. The van der Waals surface area contributed by atoms with Crippen LogP contribution in [0.25, 0.3) is 11.4 Å². The molecule has 0 unspecified atom stereocenters. The number of rotatable bonds is 5. The third-order valence-electron chi connectivity index (χ3n) is 2.71. The minimum Gasteiger partial charge on any atom is -0.289 e. The van der Waals surface area contributed by atoms with Crippen molar-refractivity contribution in [2.45, 2.75) is 20.4 Å². The van der Waals surface area contributed by atoms with Crippen LogP contribution < -0.4 is 16.5 Å². The maximum atomic E-state index is 12.0. The van der Waals surface area contributed by atoms with Crippen LogP contribution in [-0.4, -0.2) is 21.1 Å². The Balaban J connectivity index is 2.58. The van der Waals surface area contributed by atoms with Crippen molar-refractivity contribution in [1.29, 1.82) is 0 Å². The lowest BCUT2D eigenvalue weighted by molar-refractivity contribution is 0.681. The molecule has 0 atom stereocenters. The van der Waals surface area contributed by atoms with Gasteiger partial charge in [0.2, 0.25) is 5.95 Å². The monoisotopic (exact) mass is 293 g/mol. The van der Waals surface area contributed by atoms with Gasteiger partial charge in [0.1, 0.15) is 5.82 Å². The van der Waals surface area contributed by atoms with Gasteiger partial charge in [0, 0.05) is 18.7 Å². The van der Waals surface area contributed by atoms with Gasteiger partial charge in [-0.15, -0.1) is 0 Å². The van der Waals surface area contributed by atoms with E-state index in [4.69, 9.17) is 11.6 Å². The van der Waals surface area contributed by atoms with Crippen LogP contribution in [0.2, 0.25) is 5.02 Å². The highest BCUT2D eigenvalue weighted by molar-refractivity contribution is 6.33. The fourth-order valence-corrected chi connectivity index (χ4v) is 2.00. The summed E-state index contributed by atoms with van der Waals surface area (Å²) in [7, 11) is 0. The summed E-state index contributed by atoms with van der Waals surface area (Å²) in [6.07, 6.45) is 0. The first kappa shape index (κ1) is 14.5. The molecule has 0 aliphatic carbocycles. The second kappa shape index (κ2) is 6.49. The first-order valence-corrected chi connectivity index (χ1v) is 6.77. The number of aromatic nitrogens is 3. The van der Waals surface area contributed by atoms with Gasteiger partial charge < -0.3 is 0 Å². The highest BCUT2D eigenvalue weighted by Crippen LogP contribution is 2.25. The van der Waals surface area contributed by atoms with Gasteiger partial charge >= 0.3 is 5.69 Å². The number of nitrogens with one attached hydrogen (secondary N) is 2. The van der Waals surface area contributed by atoms with E-state index in [9.17, 15) is 4.79 Å². The molecule has 1 aromatic carbocycles. The molecule has 0 amide bonds. The van der Waals surface area contributed by atoms with Crippen molar-refractivity contribution in [2.24, 2.45) is 0 Å². The Hall–Kier alpha value is -1.92. The average molecular weight is 294 g/mol. The third-order valence-corrected chi connectivity index (χ3v) is 3.04. The molecular weight excluding hydrogens is 278 g/mol. The lowest BCUT2D eigenvalue weighted by atomic mass is 10.2. The van der Waals surface area contributed by atoms with Crippen LogP contribution in [0.1, 0.15) is 13.8 Å². The summed E-state index contributed by atoms with van der Waals surface area (Å²) in [5.41, 5.74) is 5.99. The normalized spacial score (nSPS) is 10.6. The molecular formula is C13H16ClN5O. The minimum absolute atomic E-state index is 0.233. The smallest absolute Gasteiger partial charge is 0.289 e. The molecule has 2 rings (SSSR count). The SMILES string of the molecule is CCNNc1nc(-c2ccccc2Cl)n(CC)c(=O)n1. The highest BCUT2D eigenvalue weighted by atomic mass is 35.5. The Kier molecular flexibility index (Phi) is 4.70. The van der Waals surface area contributed by atoms with Crippen molar-refractivity contribution in [3.63, 3.8) is 0 Å². The van der Waals surface area contributed by atoms with Gasteiger partial charge in [0.05, 0.1) is 5.02 Å². The van der Waals surface area contributed by atoms with E-state index in [1.807, 2.05) is 32.0 Å². The van der Waals surface area contributed by atoms with E-state index in [0.29, 0.717) is 29.5 Å². The molecule has 2 N–H and O–H groups in total. The summed E-state index contributed by atoms with van der Waals surface area (Å²) >= 11 is 6.18. The van der Waals surface area contributed by atoms with Crippen LogP contribution in [0.4, 0.5) is 5.95 Å². The van der Waals surface area contributed by atoms with E-state index in [0.717, 1.165) is 0 Å². The van der Waals surface area contributed by atoms with Crippen LogP contribution in [-0.2, 0) is 6.54 Å². The molecule has 0 aliphatic heterocycles. The van der Waals surface area contributed by atoms with Gasteiger partial charge in [-0.3, -0.25) is 9.99 Å². The van der Waals surface area contributed by atoms with E-state index in [-0.39, 0.29) is 11.6 Å². The molecule has 0 saturated heterocycles. The summed E-state index contributed by atoms with van der Waals surface area (Å²) in [5.74, 6) is 0.731. The van der Waals surface area contributed by atoms with Crippen molar-refractivity contribution in [2.75, 3.05) is 12.0 Å². The largest absolute Gasteiger partial charge is 0.352 e. The second-order valence-electron chi connectivity index (χ2n) is 4.03. The van der Waals surface area contributed by atoms with Crippen molar-refractivity contribution < 1.29 is 0 Å². The second-order valence-corrected chi connectivity index (χ2v) is 4.44. The number of hydrazine groups is 1. The quantitative estimate of drug-likeness (QED) is 0.824. The number of nitrogens with zero attached hydrogens (tertiary/aromatic N) is 3.